The number of ether oxygens (including phenoxy) is 2. The Hall–Kier alpha value is -3.20. The van der Waals surface area contributed by atoms with Crippen molar-refractivity contribution >= 4 is 15.9 Å². The number of methoxy groups -OCH3 is 2. The van der Waals surface area contributed by atoms with E-state index in [1.807, 2.05) is 40.6 Å². The van der Waals surface area contributed by atoms with Crippen molar-refractivity contribution < 1.29 is 9.47 Å². The molecule has 4 heterocycles. The van der Waals surface area contributed by atoms with Gasteiger partial charge in [0, 0.05) is 18.7 Å². The fourth-order valence-corrected chi connectivity index (χ4v) is 4.69. The van der Waals surface area contributed by atoms with Crippen molar-refractivity contribution in [3.8, 4) is 28.8 Å². The van der Waals surface area contributed by atoms with Crippen molar-refractivity contribution in [3.05, 3.63) is 64.4 Å². The average Bonchev–Trinajstić information content (AvgIpc) is 3.44. The third kappa shape index (κ3) is 3.66. The zero-order valence-corrected chi connectivity index (χ0v) is 19.7. The van der Waals surface area contributed by atoms with Gasteiger partial charge in [0.2, 0.25) is 5.88 Å². The zero-order chi connectivity index (χ0) is 22.2. The average molecular weight is 495 g/mol. The van der Waals surface area contributed by atoms with Crippen LogP contribution in [0.1, 0.15) is 35.8 Å². The number of nitrogens with zero attached hydrogens (tertiary/aromatic N) is 6. The van der Waals surface area contributed by atoms with Crippen LogP contribution in [0.4, 0.5) is 0 Å². The molecule has 0 spiro atoms. The Balaban J connectivity index is 1.51. The van der Waals surface area contributed by atoms with Crippen LogP contribution >= 0.6 is 15.9 Å². The smallest absolute Gasteiger partial charge is 0.238 e. The summed E-state index contributed by atoms with van der Waals surface area (Å²) in [4.78, 5) is 13.9. The maximum absolute atomic E-state index is 5.56. The van der Waals surface area contributed by atoms with Crippen LogP contribution in [-0.2, 0) is 6.54 Å². The van der Waals surface area contributed by atoms with Crippen LogP contribution in [0.5, 0.6) is 11.6 Å². The number of hydrogen-bond donors (Lipinski definition) is 0. The van der Waals surface area contributed by atoms with E-state index in [2.05, 4.69) is 33.0 Å². The van der Waals surface area contributed by atoms with Crippen LogP contribution in [0.2, 0.25) is 0 Å². The van der Waals surface area contributed by atoms with Gasteiger partial charge in [0.25, 0.3) is 0 Å². The number of pyridine rings is 1. The Labute approximate surface area is 194 Å². The van der Waals surface area contributed by atoms with Crippen molar-refractivity contribution in [1.29, 1.82) is 0 Å². The summed E-state index contributed by atoms with van der Waals surface area (Å²) in [6.45, 7) is 2.79. The molecule has 8 nitrogen and oxygen atoms in total. The highest BCUT2D eigenvalue weighted by Gasteiger charge is 2.27. The maximum atomic E-state index is 5.56. The molecule has 4 aromatic rings. The van der Waals surface area contributed by atoms with Crippen LogP contribution in [0, 0.1) is 6.92 Å². The molecule has 5 rings (SSSR count). The van der Waals surface area contributed by atoms with Crippen LogP contribution in [0.25, 0.3) is 17.2 Å². The van der Waals surface area contributed by atoms with Gasteiger partial charge in [-0.15, -0.1) is 5.10 Å². The van der Waals surface area contributed by atoms with Crippen LogP contribution in [-0.4, -0.2) is 43.5 Å². The highest BCUT2D eigenvalue weighted by Crippen LogP contribution is 2.37. The molecule has 0 bridgehead atoms. The minimum absolute atomic E-state index is 0.169. The van der Waals surface area contributed by atoms with Gasteiger partial charge in [-0.1, -0.05) is 6.07 Å². The second kappa shape index (κ2) is 8.38. The lowest BCUT2D eigenvalue weighted by Gasteiger charge is -2.22. The minimum atomic E-state index is 0.169. The molecular formula is C23H23BrN6O2. The number of hydrogen-bond acceptors (Lipinski definition) is 6. The second-order valence-corrected chi connectivity index (χ2v) is 8.61. The molecule has 0 saturated carbocycles. The Morgan fingerprint density at radius 3 is 2.69 bits per heavy atom. The standard InChI is InChI=1S/C23H23BrN6O2/c1-14-12-29(13-25-14)19-8-7-18(26-23(19)32-3)21-27-22-16(5-4-10-30(22)28-21)15-6-9-20(31-2)17(24)11-15/h6-9,11-13,16H,4-5,10H2,1-3H3/t16-/m1/s1. The molecule has 0 N–H and O–H groups in total. The predicted molar refractivity (Wildman–Crippen MR) is 123 cm³/mol. The number of aromatic nitrogens is 6. The molecule has 0 saturated heterocycles. The molecule has 3 aromatic heterocycles. The molecular weight excluding hydrogens is 472 g/mol. The van der Waals surface area contributed by atoms with E-state index in [4.69, 9.17) is 24.5 Å². The van der Waals surface area contributed by atoms with Gasteiger partial charge in [-0.3, -0.25) is 0 Å². The SMILES string of the molecule is COc1ccc([C@H]2CCCn3nc(-c4ccc(-n5cnc(C)c5)c(OC)n4)nc32)cc1Br. The molecule has 0 radical (unpaired) electrons. The number of fused-ring (bicyclic) bond motifs is 1. The summed E-state index contributed by atoms with van der Waals surface area (Å²) >= 11 is 3.60. The van der Waals surface area contributed by atoms with E-state index in [0.717, 1.165) is 46.8 Å². The van der Waals surface area contributed by atoms with Crippen LogP contribution in [0.3, 0.4) is 0 Å². The van der Waals surface area contributed by atoms with E-state index >= 15 is 0 Å². The van der Waals surface area contributed by atoms with E-state index in [1.165, 1.54) is 5.56 Å². The Morgan fingerprint density at radius 2 is 1.97 bits per heavy atom. The van der Waals surface area contributed by atoms with E-state index in [-0.39, 0.29) is 5.92 Å². The second-order valence-electron chi connectivity index (χ2n) is 7.75. The molecule has 9 heteroatoms. The van der Waals surface area contributed by atoms with Gasteiger partial charge < -0.3 is 14.0 Å². The summed E-state index contributed by atoms with van der Waals surface area (Å²) in [6, 6.07) is 10.1. The topological polar surface area (TPSA) is 79.9 Å². The molecule has 0 aliphatic carbocycles. The predicted octanol–water partition coefficient (Wildman–Crippen LogP) is 4.54. The number of rotatable bonds is 5. The van der Waals surface area contributed by atoms with Gasteiger partial charge in [-0.05, 0) is 65.5 Å². The normalized spacial score (nSPS) is 15.4. The van der Waals surface area contributed by atoms with Crippen molar-refractivity contribution in [1.82, 2.24) is 29.3 Å². The summed E-state index contributed by atoms with van der Waals surface area (Å²) < 4.78 is 15.8. The Morgan fingerprint density at radius 1 is 1.09 bits per heavy atom. The van der Waals surface area contributed by atoms with E-state index in [1.54, 1.807) is 20.5 Å². The molecule has 0 unspecified atom stereocenters. The quantitative estimate of drug-likeness (QED) is 0.405. The minimum Gasteiger partial charge on any atom is -0.496 e. The van der Waals surface area contributed by atoms with Crippen molar-refractivity contribution in [2.75, 3.05) is 14.2 Å². The third-order valence-electron chi connectivity index (χ3n) is 5.71. The van der Waals surface area contributed by atoms with Gasteiger partial charge >= 0.3 is 0 Å². The molecule has 1 aliphatic heterocycles. The lowest BCUT2D eigenvalue weighted by Crippen LogP contribution is -2.18. The lowest BCUT2D eigenvalue weighted by atomic mass is 9.91. The molecule has 1 aromatic carbocycles. The molecule has 1 aliphatic rings. The molecule has 1 atom stereocenters. The van der Waals surface area contributed by atoms with E-state index < -0.39 is 0 Å². The first kappa shape index (κ1) is 20.7. The van der Waals surface area contributed by atoms with Gasteiger partial charge in [0.15, 0.2) is 5.82 Å². The van der Waals surface area contributed by atoms with Gasteiger partial charge in [-0.2, -0.15) is 0 Å². The molecule has 164 valence electrons. The van der Waals surface area contributed by atoms with Crippen molar-refractivity contribution in [3.63, 3.8) is 0 Å². The van der Waals surface area contributed by atoms with Gasteiger partial charge in [0.05, 0.1) is 30.7 Å². The molecule has 0 fully saturated rings. The first-order chi connectivity index (χ1) is 15.6. The van der Waals surface area contributed by atoms with Gasteiger partial charge in [-0.25, -0.2) is 19.6 Å². The Bertz CT molecular complexity index is 1280. The summed E-state index contributed by atoms with van der Waals surface area (Å²) in [6.07, 6.45) is 5.75. The third-order valence-corrected chi connectivity index (χ3v) is 6.33. The van der Waals surface area contributed by atoms with Crippen molar-refractivity contribution in [2.45, 2.75) is 32.2 Å². The molecule has 0 amide bonds. The Kier molecular flexibility index (Phi) is 5.42. The van der Waals surface area contributed by atoms with Crippen LogP contribution < -0.4 is 9.47 Å². The molecule has 32 heavy (non-hydrogen) atoms. The zero-order valence-electron chi connectivity index (χ0n) is 18.1. The maximum Gasteiger partial charge on any atom is 0.238 e. The number of benzene rings is 1. The largest absolute Gasteiger partial charge is 0.496 e. The highest BCUT2D eigenvalue weighted by atomic mass is 79.9. The summed E-state index contributed by atoms with van der Waals surface area (Å²) in [7, 11) is 3.28. The summed E-state index contributed by atoms with van der Waals surface area (Å²) in [5.74, 6) is 3.05. The van der Waals surface area contributed by atoms with E-state index in [9.17, 15) is 0 Å². The summed E-state index contributed by atoms with van der Waals surface area (Å²) in [5, 5.41) is 4.77. The summed E-state index contributed by atoms with van der Waals surface area (Å²) in [5.41, 5.74) is 3.62. The highest BCUT2D eigenvalue weighted by molar-refractivity contribution is 9.10. The van der Waals surface area contributed by atoms with Crippen LogP contribution in [0.15, 0.2) is 47.3 Å². The lowest BCUT2D eigenvalue weighted by molar-refractivity contribution is 0.396. The van der Waals surface area contributed by atoms with Crippen molar-refractivity contribution in [2.24, 2.45) is 0 Å². The van der Waals surface area contributed by atoms with Gasteiger partial charge in [0.1, 0.15) is 23.0 Å². The number of aryl methyl sites for hydroxylation is 2. The first-order valence-corrected chi connectivity index (χ1v) is 11.2. The number of halogens is 1. The monoisotopic (exact) mass is 494 g/mol. The fourth-order valence-electron chi connectivity index (χ4n) is 4.13. The fraction of sp³-hybridized carbons (Fsp3) is 0.304. The first-order valence-electron chi connectivity index (χ1n) is 10.4. The number of imidazole rings is 1. The van der Waals surface area contributed by atoms with E-state index in [0.29, 0.717) is 17.4 Å².